The van der Waals surface area contributed by atoms with Crippen LogP contribution in [-0.4, -0.2) is 155 Å². The van der Waals surface area contributed by atoms with Crippen LogP contribution >= 0.6 is 47.8 Å². The molecule has 724 valence electrons. The molecule has 37 nitrogen and oxygen atoms in total. The summed E-state index contributed by atoms with van der Waals surface area (Å²) in [4.78, 5) is 158. The van der Waals surface area contributed by atoms with Crippen LogP contribution in [0, 0.1) is 22.7 Å². The van der Waals surface area contributed by atoms with Gasteiger partial charge in [0.2, 0.25) is 0 Å². The topological polar surface area (TPSA) is 498 Å². The number of benzene rings is 5. The summed E-state index contributed by atoms with van der Waals surface area (Å²) in [7, 11) is 0. The maximum absolute atomic E-state index is 12.6. The fraction of sp³-hybridized carbons (Fsp3) is 0.511. The number of nitrogens with one attached hydrogen (secondary N) is 7. The van der Waals surface area contributed by atoms with E-state index < -0.39 is 142 Å². The van der Waals surface area contributed by atoms with Crippen LogP contribution < -0.4 is 56.2 Å². The molecule has 0 aliphatic heterocycles. The van der Waals surface area contributed by atoms with E-state index in [1.165, 1.54) is 74.5 Å². The summed E-state index contributed by atoms with van der Waals surface area (Å²) in [6.07, 6.45) is -5.30. The highest BCUT2D eigenvalue weighted by Crippen LogP contribution is 2.34. The highest BCUT2D eigenvalue weighted by Gasteiger charge is 2.34. The molecule has 0 radical (unpaired) electrons. The van der Waals surface area contributed by atoms with E-state index in [-0.39, 0.29) is 78.8 Å². The van der Waals surface area contributed by atoms with Crippen LogP contribution in [0.25, 0.3) is 0 Å². The van der Waals surface area contributed by atoms with Gasteiger partial charge in [0.1, 0.15) is 82.6 Å². The first-order valence-electron chi connectivity index (χ1n) is 41.1. The van der Waals surface area contributed by atoms with Crippen LogP contribution in [0.2, 0.25) is 0 Å². The lowest BCUT2D eigenvalue weighted by atomic mass is 9.97. The maximum atomic E-state index is 12.6. The van der Waals surface area contributed by atoms with E-state index in [0.29, 0.717) is 28.5 Å². The molecule has 5 aromatic carbocycles. The number of ether oxygens (including phenoxy) is 13. The number of carbonyl (C=O) groups is 13. The highest BCUT2D eigenvalue weighted by atomic mass is 79.9. The normalized spacial score (nSPS) is 12.6. The summed E-state index contributed by atoms with van der Waals surface area (Å²) in [5.41, 5.74) is -5.58. The Hall–Kier alpha value is -12.2. The van der Waals surface area contributed by atoms with Crippen LogP contribution in [0.4, 0.5) is 73.4 Å². The molecule has 2 atom stereocenters. The molecule has 0 saturated heterocycles. The lowest BCUT2D eigenvalue weighted by Crippen LogP contribution is -2.30. The molecule has 0 heterocycles. The number of hydrogen-bond acceptors (Lipinski definition) is 30. The van der Waals surface area contributed by atoms with Gasteiger partial charge >= 0.3 is 78.5 Å². The van der Waals surface area contributed by atoms with Crippen molar-refractivity contribution < 1.29 is 124 Å². The smallest absolute Gasteiger partial charge is 0.412 e. The van der Waals surface area contributed by atoms with Crippen LogP contribution in [0.5, 0.6) is 23.0 Å². The van der Waals surface area contributed by atoms with E-state index in [1.807, 2.05) is 12.1 Å². The van der Waals surface area contributed by atoms with Gasteiger partial charge in [-0.1, -0.05) is 59.9 Å². The van der Waals surface area contributed by atoms with Crippen molar-refractivity contribution in [3.05, 3.63) is 115 Å². The highest BCUT2D eigenvalue weighted by molar-refractivity contribution is 9.10. The van der Waals surface area contributed by atoms with Crippen molar-refractivity contribution >= 4 is 166 Å². The number of rotatable bonds is 26. The number of esters is 6. The molecule has 7 amide bonds. The van der Waals surface area contributed by atoms with E-state index in [2.05, 4.69) is 95.2 Å². The molecule has 0 saturated carbocycles. The second-order valence-corrected chi connectivity index (χ2v) is 43.8. The second kappa shape index (κ2) is 49.4. The first-order chi connectivity index (χ1) is 60.0. The predicted molar refractivity (Wildman–Crippen MR) is 505 cm³/mol. The van der Waals surface area contributed by atoms with Crippen molar-refractivity contribution in [3.63, 3.8) is 0 Å². The van der Waals surface area contributed by atoms with E-state index in [4.69, 9.17) is 61.6 Å². The lowest BCUT2D eigenvalue weighted by Gasteiger charge is -2.22. The molecule has 5 rings (SSSR count). The number of amides is 7. The minimum Gasteiger partial charge on any atom is -0.461 e. The quantitative estimate of drug-likeness (QED) is 0.00675. The zero-order valence-electron chi connectivity index (χ0n) is 80.2. The number of halogens is 3. The van der Waals surface area contributed by atoms with Crippen molar-refractivity contribution in [2.24, 2.45) is 10.2 Å². The van der Waals surface area contributed by atoms with Crippen LogP contribution in [0.1, 0.15) is 237 Å². The van der Waals surface area contributed by atoms with Gasteiger partial charge in [0.15, 0.2) is 16.8 Å². The van der Waals surface area contributed by atoms with E-state index in [0.717, 1.165) is 0 Å². The van der Waals surface area contributed by atoms with E-state index in [9.17, 15) is 72.9 Å². The Labute approximate surface area is 796 Å². The molecule has 7 N–H and O–H groups in total. The average Bonchev–Trinajstić information content (AvgIpc) is 0.831. The first kappa shape index (κ1) is 116. The molecule has 0 aliphatic rings. The summed E-state index contributed by atoms with van der Waals surface area (Å²) in [6.45, 7) is 48.9. The standard InChI is InChI=1S/C34H42N6O8.C23H33BrN2O8.C20H29BrN2O6.C15H20BrNO4/c1-31(2,3)47-29(43)37-23-11-9-13-25(19-23)45-27(41)15-17-33(7,21-35)39-40-34(8,22-36)18-16-28(42)46-26-14-10-12-24(20-26)38-30(44)48-32(4,5)6;1-21(2,3)33-19(29)25-15-11-14(12-16(13-15)26-20(30)34-22(4,5)6)17(27)31-9-10-32-18(28)23(7,8)24;1-18(2,3)28-16(25)22-12-9-10-14(27-15(24)20(7,8)21)13(11-12)23-17(26)29-19(4,5)6;1-14(2,3)21-13(19)17-10-6-8-11(9-7-10)20-12(18)15(4,5)16/h9-14,19-20H,15-18H2,1-8H3,(H,37,43)(H,38,44);11-13H,9-10H2,1-8H3,(H,25,29)(H,26,30);9-11H,1-8H3,(H,22,25)(H,23,26);6-9H,1-5H3,(H,17,19). The van der Waals surface area contributed by atoms with Crippen molar-refractivity contribution in [1.29, 1.82) is 10.5 Å². The Bertz CT molecular complexity index is 4810. The number of hydrogen-bond donors (Lipinski definition) is 7. The van der Waals surface area contributed by atoms with E-state index in [1.54, 1.807) is 235 Å². The summed E-state index contributed by atoms with van der Waals surface area (Å²) in [5, 5.41) is 45.5. The van der Waals surface area contributed by atoms with Gasteiger partial charge in [-0.3, -0.25) is 61.2 Å². The number of nitriles is 2. The monoisotopic (exact) mass is 2040 g/mol. The third-order valence-electron chi connectivity index (χ3n) is 14.7. The Morgan fingerprint density at radius 2 is 0.606 bits per heavy atom. The molecular formula is C92H124Br3N11O26. The van der Waals surface area contributed by atoms with Gasteiger partial charge in [-0.15, -0.1) is 0 Å². The van der Waals surface area contributed by atoms with Gasteiger partial charge in [-0.05, 0) is 299 Å². The third-order valence-corrected chi connectivity index (χ3v) is 15.6. The Kier molecular flexibility index (Phi) is 43.3. The minimum absolute atomic E-state index is 0.0340. The van der Waals surface area contributed by atoms with Crippen LogP contribution in [0.3, 0.4) is 0 Å². The summed E-state index contributed by atoms with van der Waals surface area (Å²) < 4.78 is 65.4. The fourth-order valence-electron chi connectivity index (χ4n) is 9.01. The Morgan fingerprint density at radius 1 is 0.311 bits per heavy atom. The van der Waals surface area contributed by atoms with Gasteiger partial charge in [-0.2, -0.15) is 20.8 Å². The maximum Gasteiger partial charge on any atom is 0.412 e. The molecule has 0 bridgehead atoms. The third kappa shape index (κ3) is 52.0. The summed E-state index contributed by atoms with van der Waals surface area (Å²) in [5.74, 6) is -2.68. The molecule has 0 aromatic heterocycles. The zero-order chi connectivity index (χ0) is 101. The van der Waals surface area contributed by atoms with Gasteiger partial charge in [0.25, 0.3) is 0 Å². The van der Waals surface area contributed by atoms with Crippen molar-refractivity contribution in [2.75, 3.05) is 50.4 Å². The molecular weight excluding hydrogens is 1910 g/mol. The van der Waals surface area contributed by atoms with Gasteiger partial charge in [0.05, 0.1) is 23.4 Å². The minimum atomic E-state index is -1.47. The fourth-order valence-corrected chi connectivity index (χ4v) is 9.29. The predicted octanol–water partition coefficient (Wildman–Crippen LogP) is 22.3. The van der Waals surface area contributed by atoms with Gasteiger partial charge in [-0.25, -0.2) is 38.4 Å². The van der Waals surface area contributed by atoms with Crippen molar-refractivity contribution in [1.82, 2.24) is 0 Å². The van der Waals surface area contributed by atoms with Gasteiger partial charge < -0.3 is 61.6 Å². The van der Waals surface area contributed by atoms with Crippen LogP contribution in [0.15, 0.2) is 119 Å². The molecule has 5 aromatic rings. The first-order valence-corrected chi connectivity index (χ1v) is 43.5. The SMILES string of the molecule is CC(C#N)(CCC(=O)Oc1cccc(NC(=O)OC(C)(C)C)c1)N=NC(C)(C#N)CCC(=O)Oc1cccc(NC(=O)OC(C)(C)C)c1.CC(C)(C)OC(=O)Nc1cc(NC(=O)OC(C)(C)C)cc(C(=O)OCCOC(=O)C(C)(C)Br)c1.CC(C)(C)OC(=O)Nc1ccc(OC(=O)C(C)(C)Br)c(NC(=O)OC(C)(C)C)c1.CC(C)(C)OC(=O)Nc1ccc(OC(=O)C(C)(C)Br)cc1. The van der Waals surface area contributed by atoms with Crippen LogP contribution in [-0.2, 0) is 66.6 Å². The molecule has 0 spiro atoms. The van der Waals surface area contributed by atoms with Crippen molar-refractivity contribution in [3.8, 4) is 35.1 Å². The zero-order valence-corrected chi connectivity index (χ0v) is 84.9. The Morgan fingerprint density at radius 3 is 0.932 bits per heavy atom. The number of anilines is 7. The molecule has 2 unspecified atom stereocenters. The number of alkyl halides is 3. The van der Waals surface area contributed by atoms with Gasteiger partial charge in [0, 0.05) is 59.1 Å². The number of carbonyl (C=O) groups excluding carboxylic acids is 13. The molecule has 0 fully saturated rings. The number of azo groups is 1. The van der Waals surface area contributed by atoms with Crippen molar-refractivity contribution in [2.45, 2.75) is 290 Å². The van der Waals surface area contributed by atoms with E-state index >= 15 is 0 Å². The molecule has 132 heavy (non-hydrogen) atoms. The number of nitrogens with zero attached hydrogens (tertiary/aromatic N) is 4. The molecule has 40 heteroatoms. The summed E-state index contributed by atoms with van der Waals surface area (Å²) >= 11 is 9.64. The molecule has 0 aliphatic carbocycles. The largest absolute Gasteiger partial charge is 0.461 e. The summed E-state index contributed by atoms with van der Waals surface area (Å²) in [6, 6.07) is 31.4. The lowest BCUT2D eigenvalue weighted by molar-refractivity contribution is -0.146. The second-order valence-electron chi connectivity index (χ2n) is 37.9. The Balaban J connectivity index is 0.000000621. The average molecular weight is 2040 g/mol.